The maximum absolute atomic E-state index is 5.26. The summed E-state index contributed by atoms with van der Waals surface area (Å²) in [5.41, 5.74) is 0.994. The zero-order valence-electron chi connectivity index (χ0n) is 11.1. The maximum atomic E-state index is 5.26. The number of nitrogens with one attached hydrogen (secondary N) is 1. The fourth-order valence-corrected chi connectivity index (χ4v) is 2.53. The van der Waals surface area contributed by atoms with Crippen molar-refractivity contribution in [2.75, 3.05) is 12.4 Å². The molecule has 0 atom stereocenters. The molecule has 0 amide bonds. The quantitative estimate of drug-likeness (QED) is 0.489. The van der Waals surface area contributed by atoms with E-state index in [0.717, 1.165) is 16.3 Å². The van der Waals surface area contributed by atoms with Crippen molar-refractivity contribution in [2.45, 2.75) is 4.90 Å². The van der Waals surface area contributed by atoms with Gasteiger partial charge in [0.05, 0.1) is 7.11 Å². The van der Waals surface area contributed by atoms with Crippen molar-refractivity contribution in [1.82, 2.24) is 0 Å². The van der Waals surface area contributed by atoms with Crippen LogP contribution in [0.1, 0.15) is 0 Å². The third-order valence-corrected chi connectivity index (χ3v) is 3.54. The second-order valence-corrected chi connectivity index (χ2v) is 5.37. The molecule has 0 spiro atoms. The first-order valence-corrected chi connectivity index (χ1v) is 7.40. The van der Waals surface area contributed by atoms with E-state index in [9.17, 15) is 0 Å². The summed E-state index contributed by atoms with van der Waals surface area (Å²) in [7, 11) is 1.67. The van der Waals surface area contributed by atoms with Gasteiger partial charge >= 0.3 is 0 Å². The van der Waals surface area contributed by atoms with E-state index in [1.807, 2.05) is 66.1 Å². The second-order valence-electron chi connectivity index (χ2n) is 3.95. The molecular formula is C16H15NOS2. The van der Waals surface area contributed by atoms with Crippen LogP contribution in [0.15, 0.2) is 71.0 Å². The largest absolute Gasteiger partial charge is 0.497 e. The smallest absolute Gasteiger partial charge is 0.119 e. The molecular weight excluding hydrogens is 286 g/mol. The van der Waals surface area contributed by atoms with Gasteiger partial charge in [-0.1, -0.05) is 48.2 Å². The van der Waals surface area contributed by atoms with Crippen LogP contribution in [0, 0.1) is 0 Å². The minimum absolute atomic E-state index is 0.687. The summed E-state index contributed by atoms with van der Waals surface area (Å²) in [6.07, 6.45) is 1.88. The number of benzene rings is 2. The predicted octanol–water partition coefficient (Wildman–Crippen LogP) is 4.74. The molecule has 102 valence electrons. The van der Waals surface area contributed by atoms with Gasteiger partial charge in [-0.3, -0.25) is 0 Å². The van der Waals surface area contributed by atoms with Gasteiger partial charge in [-0.15, -0.1) is 0 Å². The first kappa shape index (κ1) is 14.6. The molecule has 2 aromatic rings. The third-order valence-electron chi connectivity index (χ3n) is 2.51. The summed E-state index contributed by atoms with van der Waals surface area (Å²) in [5.74, 6) is 0.855. The molecule has 0 aliphatic rings. The van der Waals surface area contributed by atoms with E-state index >= 15 is 0 Å². The van der Waals surface area contributed by atoms with E-state index in [-0.39, 0.29) is 0 Å². The van der Waals surface area contributed by atoms with Crippen LogP contribution in [0.3, 0.4) is 0 Å². The Morgan fingerprint density at radius 3 is 2.70 bits per heavy atom. The molecule has 0 aliphatic heterocycles. The molecule has 0 radical (unpaired) electrons. The second kappa shape index (κ2) is 7.72. The van der Waals surface area contributed by atoms with E-state index in [2.05, 4.69) is 5.32 Å². The lowest BCUT2D eigenvalue weighted by Gasteiger charge is -2.03. The molecule has 0 saturated carbocycles. The van der Waals surface area contributed by atoms with Crippen molar-refractivity contribution in [2.24, 2.45) is 0 Å². The van der Waals surface area contributed by atoms with E-state index in [0.29, 0.717) is 4.99 Å². The lowest BCUT2D eigenvalue weighted by molar-refractivity contribution is 0.413. The number of para-hydroxylation sites is 1. The molecule has 0 saturated heterocycles. The van der Waals surface area contributed by atoms with Gasteiger partial charge in [0, 0.05) is 10.6 Å². The lowest BCUT2D eigenvalue weighted by Crippen LogP contribution is -2.04. The van der Waals surface area contributed by atoms with Gasteiger partial charge in [0.2, 0.25) is 0 Å². The average molecular weight is 301 g/mol. The molecule has 0 bridgehead atoms. The molecule has 2 rings (SSSR count). The van der Waals surface area contributed by atoms with Crippen LogP contribution in [0.5, 0.6) is 5.75 Å². The molecule has 0 fully saturated rings. The SMILES string of the molecule is COc1cccc(SC=CC(=S)Nc2ccccc2)c1. The van der Waals surface area contributed by atoms with Gasteiger partial charge in [-0.25, -0.2) is 0 Å². The van der Waals surface area contributed by atoms with Gasteiger partial charge in [-0.2, -0.15) is 0 Å². The molecule has 1 N–H and O–H groups in total. The van der Waals surface area contributed by atoms with E-state index < -0.39 is 0 Å². The average Bonchev–Trinajstić information content (AvgIpc) is 2.48. The fraction of sp³-hybridized carbons (Fsp3) is 0.0625. The molecule has 4 heteroatoms. The molecule has 2 aromatic carbocycles. The Balaban J connectivity index is 1.88. The van der Waals surface area contributed by atoms with Gasteiger partial charge in [-0.05, 0) is 41.8 Å². The van der Waals surface area contributed by atoms with Crippen LogP contribution in [0.4, 0.5) is 5.69 Å². The monoisotopic (exact) mass is 301 g/mol. The van der Waals surface area contributed by atoms with Crippen molar-refractivity contribution in [3.8, 4) is 5.75 Å². The van der Waals surface area contributed by atoms with Gasteiger partial charge in [0.25, 0.3) is 0 Å². The lowest BCUT2D eigenvalue weighted by atomic mass is 10.3. The molecule has 20 heavy (non-hydrogen) atoms. The number of hydrogen-bond donors (Lipinski definition) is 1. The summed E-state index contributed by atoms with van der Waals surface area (Å²) in [6, 6.07) is 17.8. The molecule has 0 aromatic heterocycles. The minimum Gasteiger partial charge on any atom is -0.497 e. The maximum Gasteiger partial charge on any atom is 0.119 e. The topological polar surface area (TPSA) is 21.3 Å². The van der Waals surface area contributed by atoms with Crippen molar-refractivity contribution >= 4 is 34.7 Å². The molecule has 2 nitrogen and oxygen atoms in total. The van der Waals surface area contributed by atoms with Crippen molar-refractivity contribution in [3.05, 3.63) is 66.1 Å². The number of ether oxygens (including phenoxy) is 1. The number of thioether (sulfide) groups is 1. The van der Waals surface area contributed by atoms with Crippen LogP contribution in [0.25, 0.3) is 0 Å². The summed E-state index contributed by atoms with van der Waals surface area (Å²) < 4.78 is 5.19. The Hall–Kier alpha value is -1.78. The minimum atomic E-state index is 0.687. The molecule has 0 aliphatic carbocycles. The number of methoxy groups -OCH3 is 1. The summed E-state index contributed by atoms with van der Waals surface area (Å²) >= 11 is 6.86. The Kier molecular flexibility index (Phi) is 5.65. The van der Waals surface area contributed by atoms with Gasteiger partial charge in [0.15, 0.2) is 0 Å². The van der Waals surface area contributed by atoms with Crippen LogP contribution >= 0.6 is 24.0 Å². The zero-order valence-corrected chi connectivity index (χ0v) is 12.7. The van der Waals surface area contributed by atoms with Crippen molar-refractivity contribution < 1.29 is 4.74 Å². The number of hydrogen-bond acceptors (Lipinski definition) is 3. The number of anilines is 1. The Morgan fingerprint density at radius 2 is 1.95 bits per heavy atom. The molecule has 0 heterocycles. The Bertz CT molecular complexity index is 596. The fourth-order valence-electron chi connectivity index (χ4n) is 1.55. The highest BCUT2D eigenvalue weighted by Crippen LogP contribution is 2.23. The van der Waals surface area contributed by atoms with Crippen molar-refractivity contribution in [3.63, 3.8) is 0 Å². The first-order chi connectivity index (χ1) is 9.78. The Morgan fingerprint density at radius 1 is 1.15 bits per heavy atom. The Labute approximate surface area is 128 Å². The van der Waals surface area contributed by atoms with Crippen LogP contribution in [-0.4, -0.2) is 12.1 Å². The first-order valence-electron chi connectivity index (χ1n) is 6.11. The number of thiocarbonyl (C=S) groups is 1. The zero-order chi connectivity index (χ0) is 14.2. The summed E-state index contributed by atoms with van der Waals surface area (Å²) in [4.78, 5) is 1.80. The van der Waals surface area contributed by atoms with Crippen LogP contribution in [0.2, 0.25) is 0 Å². The van der Waals surface area contributed by atoms with Crippen LogP contribution < -0.4 is 10.1 Å². The van der Waals surface area contributed by atoms with Crippen LogP contribution in [-0.2, 0) is 0 Å². The van der Waals surface area contributed by atoms with E-state index in [1.54, 1.807) is 18.9 Å². The highest BCUT2D eigenvalue weighted by molar-refractivity contribution is 8.02. The van der Waals surface area contributed by atoms with E-state index in [1.165, 1.54) is 0 Å². The highest BCUT2D eigenvalue weighted by atomic mass is 32.2. The van der Waals surface area contributed by atoms with E-state index in [4.69, 9.17) is 17.0 Å². The van der Waals surface area contributed by atoms with Gasteiger partial charge < -0.3 is 10.1 Å². The van der Waals surface area contributed by atoms with Gasteiger partial charge in [0.1, 0.15) is 10.7 Å². The predicted molar refractivity (Wildman–Crippen MR) is 90.7 cm³/mol. The summed E-state index contributed by atoms with van der Waals surface area (Å²) in [6.45, 7) is 0. The molecule has 0 unspecified atom stereocenters. The standard InChI is InChI=1S/C16H15NOS2/c1-18-14-8-5-9-15(12-14)20-11-10-16(19)17-13-6-3-2-4-7-13/h2-12H,1H3,(H,17,19). The van der Waals surface area contributed by atoms with Crippen molar-refractivity contribution in [1.29, 1.82) is 0 Å². The number of rotatable bonds is 5. The summed E-state index contributed by atoms with van der Waals surface area (Å²) in [5, 5.41) is 5.12. The highest BCUT2D eigenvalue weighted by Gasteiger charge is 1.95. The normalized spacial score (nSPS) is 10.4. The third kappa shape index (κ3) is 4.72.